The van der Waals surface area contributed by atoms with Gasteiger partial charge in [0.15, 0.2) is 5.88 Å². The van der Waals surface area contributed by atoms with Gasteiger partial charge >= 0.3 is 0 Å². The number of rotatable bonds is 2. The van der Waals surface area contributed by atoms with E-state index in [9.17, 15) is 9.50 Å². The van der Waals surface area contributed by atoms with Crippen LogP contribution in [0.5, 0.6) is 5.88 Å². The van der Waals surface area contributed by atoms with Gasteiger partial charge in [-0.25, -0.2) is 4.39 Å². The monoisotopic (exact) mass is 282 g/mol. The Labute approximate surface area is 121 Å². The molecule has 106 valence electrons. The third-order valence-corrected chi connectivity index (χ3v) is 3.54. The highest BCUT2D eigenvalue weighted by Gasteiger charge is 2.10. The van der Waals surface area contributed by atoms with Gasteiger partial charge in [-0.05, 0) is 43.2 Å². The Morgan fingerprint density at radius 2 is 1.86 bits per heavy atom. The lowest BCUT2D eigenvalue weighted by molar-refractivity contribution is 0.457. The van der Waals surface area contributed by atoms with Crippen molar-refractivity contribution >= 4 is 22.8 Å². The zero-order valence-electron chi connectivity index (χ0n) is 11.8. The standard InChI is InChI=1S/C17H15FN2O/c1-10-4-3-5-11(2)16(10)19-9-14-13-8-12(18)6-7-15(13)20-17(14)21/h3-9,20-21H,1-2H3. The van der Waals surface area contributed by atoms with Crippen LogP contribution in [0.3, 0.4) is 0 Å². The molecule has 3 rings (SSSR count). The SMILES string of the molecule is Cc1cccc(C)c1N=Cc1c(O)[nH]c2ccc(F)cc12. The first-order chi connectivity index (χ1) is 10.1. The van der Waals surface area contributed by atoms with E-state index in [2.05, 4.69) is 9.98 Å². The fourth-order valence-corrected chi connectivity index (χ4v) is 2.44. The molecule has 0 aliphatic heterocycles. The molecule has 0 aliphatic rings. The number of benzene rings is 2. The number of aryl methyl sites for hydroxylation is 2. The fraction of sp³-hybridized carbons (Fsp3) is 0.118. The number of nitrogens with zero attached hydrogens (tertiary/aromatic N) is 1. The molecule has 0 saturated heterocycles. The smallest absolute Gasteiger partial charge is 0.198 e. The zero-order valence-corrected chi connectivity index (χ0v) is 11.8. The van der Waals surface area contributed by atoms with Crippen LogP contribution >= 0.6 is 0 Å². The molecule has 0 aliphatic carbocycles. The first-order valence-electron chi connectivity index (χ1n) is 6.67. The van der Waals surface area contributed by atoms with Crippen molar-refractivity contribution in [1.82, 2.24) is 4.98 Å². The summed E-state index contributed by atoms with van der Waals surface area (Å²) >= 11 is 0. The van der Waals surface area contributed by atoms with Crippen LogP contribution in [0.1, 0.15) is 16.7 Å². The average Bonchev–Trinajstić information content (AvgIpc) is 2.74. The normalized spacial score (nSPS) is 11.6. The van der Waals surface area contributed by atoms with E-state index in [0.29, 0.717) is 16.5 Å². The molecule has 2 aromatic carbocycles. The van der Waals surface area contributed by atoms with E-state index in [-0.39, 0.29) is 11.7 Å². The number of H-pyrrole nitrogens is 1. The van der Waals surface area contributed by atoms with Gasteiger partial charge in [-0.15, -0.1) is 0 Å². The Hall–Kier alpha value is -2.62. The van der Waals surface area contributed by atoms with Crippen LogP contribution in [0.2, 0.25) is 0 Å². The summed E-state index contributed by atoms with van der Waals surface area (Å²) in [7, 11) is 0. The van der Waals surface area contributed by atoms with Crippen molar-refractivity contribution in [3.05, 3.63) is 58.9 Å². The van der Waals surface area contributed by atoms with Gasteiger partial charge in [0.25, 0.3) is 0 Å². The highest BCUT2D eigenvalue weighted by Crippen LogP contribution is 2.28. The van der Waals surface area contributed by atoms with Crippen LogP contribution < -0.4 is 0 Å². The maximum absolute atomic E-state index is 13.4. The van der Waals surface area contributed by atoms with Crippen LogP contribution in [0.4, 0.5) is 10.1 Å². The number of aliphatic imine (C=N–C) groups is 1. The Bertz CT molecular complexity index is 829. The van der Waals surface area contributed by atoms with Gasteiger partial charge in [-0.3, -0.25) is 4.99 Å². The lowest BCUT2D eigenvalue weighted by Gasteiger charge is -2.03. The predicted octanol–water partition coefficient (Wildman–Crippen LogP) is 4.38. The molecule has 0 bridgehead atoms. The molecule has 0 amide bonds. The number of halogens is 1. The van der Waals surface area contributed by atoms with E-state index in [0.717, 1.165) is 16.8 Å². The Morgan fingerprint density at radius 3 is 2.57 bits per heavy atom. The summed E-state index contributed by atoms with van der Waals surface area (Å²) in [5.74, 6) is -0.353. The maximum Gasteiger partial charge on any atom is 0.198 e. The van der Waals surface area contributed by atoms with Crippen molar-refractivity contribution in [2.75, 3.05) is 0 Å². The molecule has 3 aromatic rings. The minimum atomic E-state index is -0.344. The number of para-hydroxylation sites is 1. The second-order valence-electron chi connectivity index (χ2n) is 5.08. The summed E-state index contributed by atoms with van der Waals surface area (Å²) in [4.78, 5) is 7.28. The molecular formula is C17H15FN2O. The number of fused-ring (bicyclic) bond motifs is 1. The second kappa shape index (κ2) is 5.05. The number of hydrogen-bond acceptors (Lipinski definition) is 2. The molecule has 2 N–H and O–H groups in total. The predicted molar refractivity (Wildman–Crippen MR) is 83.1 cm³/mol. The van der Waals surface area contributed by atoms with E-state index in [1.54, 1.807) is 12.3 Å². The van der Waals surface area contributed by atoms with E-state index < -0.39 is 0 Å². The number of nitrogens with one attached hydrogen (secondary N) is 1. The van der Waals surface area contributed by atoms with Gasteiger partial charge < -0.3 is 10.1 Å². The highest BCUT2D eigenvalue weighted by molar-refractivity contribution is 6.02. The molecule has 0 radical (unpaired) electrons. The van der Waals surface area contributed by atoms with Crippen LogP contribution in [0.15, 0.2) is 41.4 Å². The average molecular weight is 282 g/mol. The first-order valence-corrected chi connectivity index (χ1v) is 6.67. The van der Waals surface area contributed by atoms with Crippen LogP contribution in [0, 0.1) is 19.7 Å². The molecule has 0 unspecified atom stereocenters. The number of aromatic nitrogens is 1. The maximum atomic E-state index is 13.4. The zero-order chi connectivity index (χ0) is 15.0. The van der Waals surface area contributed by atoms with Crippen LogP contribution in [-0.4, -0.2) is 16.3 Å². The van der Waals surface area contributed by atoms with Gasteiger partial charge in [0.05, 0.1) is 11.3 Å². The van der Waals surface area contributed by atoms with Crippen molar-refractivity contribution in [2.24, 2.45) is 4.99 Å². The molecule has 0 fully saturated rings. The minimum Gasteiger partial charge on any atom is -0.494 e. The lowest BCUT2D eigenvalue weighted by atomic mass is 10.1. The van der Waals surface area contributed by atoms with Crippen LogP contribution in [0.25, 0.3) is 10.9 Å². The molecule has 21 heavy (non-hydrogen) atoms. The highest BCUT2D eigenvalue weighted by atomic mass is 19.1. The first kappa shape index (κ1) is 13.4. The van der Waals surface area contributed by atoms with E-state index in [1.165, 1.54) is 12.1 Å². The largest absolute Gasteiger partial charge is 0.494 e. The Morgan fingerprint density at radius 1 is 1.14 bits per heavy atom. The topological polar surface area (TPSA) is 48.4 Å². The quantitative estimate of drug-likeness (QED) is 0.673. The summed E-state index contributed by atoms with van der Waals surface area (Å²) in [6, 6.07) is 10.3. The second-order valence-corrected chi connectivity index (χ2v) is 5.08. The summed E-state index contributed by atoms with van der Waals surface area (Å²) < 4.78 is 13.4. The summed E-state index contributed by atoms with van der Waals surface area (Å²) in [5.41, 5.74) is 4.14. The van der Waals surface area contributed by atoms with Crippen molar-refractivity contribution < 1.29 is 9.50 Å². The number of hydrogen-bond donors (Lipinski definition) is 2. The molecular weight excluding hydrogens is 267 g/mol. The Kier molecular flexibility index (Phi) is 3.22. The van der Waals surface area contributed by atoms with Gasteiger partial charge in [0.1, 0.15) is 5.82 Å². The molecule has 1 heterocycles. The molecule has 0 spiro atoms. The van der Waals surface area contributed by atoms with Crippen molar-refractivity contribution in [3.8, 4) is 5.88 Å². The molecule has 4 heteroatoms. The third kappa shape index (κ3) is 2.40. The van der Waals surface area contributed by atoms with E-state index >= 15 is 0 Å². The van der Waals surface area contributed by atoms with Crippen LogP contribution in [-0.2, 0) is 0 Å². The summed E-state index contributed by atoms with van der Waals surface area (Å²) in [6.07, 6.45) is 1.57. The molecule has 0 saturated carbocycles. The third-order valence-electron chi connectivity index (χ3n) is 3.54. The van der Waals surface area contributed by atoms with Gasteiger partial charge in [0, 0.05) is 17.1 Å². The summed E-state index contributed by atoms with van der Waals surface area (Å²) in [5, 5.41) is 10.6. The summed E-state index contributed by atoms with van der Waals surface area (Å²) in [6.45, 7) is 3.96. The van der Waals surface area contributed by atoms with Gasteiger partial charge in [-0.1, -0.05) is 18.2 Å². The van der Waals surface area contributed by atoms with Crippen molar-refractivity contribution in [3.63, 3.8) is 0 Å². The minimum absolute atomic E-state index is 0.00872. The lowest BCUT2D eigenvalue weighted by Crippen LogP contribution is -1.84. The fourth-order valence-electron chi connectivity index (χ4n) is 2.44. The van der Waals surface area contributed by atoms with Gasteiger partial charge in [0.2, 0.25) is 0 Å². The molecule has 3 nitrogen and oxygen atoms in total. The van der Waals surface area contributed by atoms with Crippen molar-refractivity contribution in [1.29, 1.82) is 0 Å². The number of aromatic hydroxyl groups is 1. The van der Waals surface area contributed by atoms with Crippen molar-refractivity contribution in [2.45, 2.75) is 13.8 Å². The van der Waals surface area contributed by atoms with Gasteiger partial charge in [-0.2, -0.15) is 0 Å². The van der Waals surface area contributed by atoms with E-state index in [1.807, 2.05) is 32.0 Å². The van der Waals surface area contributed by atoms with E-state index in [4.69, 9.17) is 0 Å². The molecule has 1 aromatic heterocycles. The number of aromatic amines is 1. The molecule has 0 atom stereocenters. The Balaban J connectivity index is 2.11.